The monoisotopic (exact) mass is 381 g/mol. The third-order valence-electron chi connectivity index (χ3n) is 3.58. The third kappa shape index (κ3) is 4.31. The standard InChI is InChI=1S/C17H20ClN3O3S/c1-20(2)16-10-9-14(25(23,24)21(3)4)11-15(16)19-17(22)12-5-7-13(18)8-6-12/h5-11H,1-4H3,(H,19,22). The number of sulfonamides is 1. The molecule has 8 heteroatoms. The molecule has 0 saturated carbocycles. The first-order valence-electron chi connectivity index (χ1n) is 7.44. The lowest BCUT2D eigenvalue weighted by molar-refractivity contribution is 0.102. The molecule has 0 saturated heterocycles. The average Bonchev–Trinajstić information content (AvgIpc) is 2.54. The molecule has 2 aromatic carbocycles. The van der Waals surface area contributed by atoms with Gasteiger partial charge in [0.2, 0.25) is 10.0 Å². The first-order chi connectivity index (χ1) is 11.6. The van der Waals surface area contributed by atoms with Crippen LogP contribution >= 0.6 is 11.6 Å². The van der Waals surface area contributed by atoms with E-state index in [4.69, 9.17) is 11.6 Å². The summed E-state index contributed by atoms with van der Waals surface area (Å²) in [5.41, 5.74) is 1.53. The van der Waals surface area contributed by atoms with E-state index in [1.54, 1.807) is 35.2 Å². The number of hydrogen-bond acceptors (Lipinski definition) is 4. The number of amides is 1. The maximum absolute atomic E-state index is 12.5. The molecule has 0 bridgehead atoms. The van der Waals surface area contributed by atoms with Crippen molar-refractivity contribution in [3.63, 3.8) is 0 Å². The van der Waals surface area contributed by atoms with Crippen molar-refractivity contribution in [3.05, 3.63) is 53.1 Å². The van der Waals surface area contributed by atoms with Gasteiger partial charge in [0.1, 0.15) is 0 Å². The van der Waals surface area contributed by atoms with Crippen molar-refractivity contribution in [3.8, 4) is 0 Å². The van der Waals surface area contributed by atoms with Crippen LogP contribution in [0.2, 0.25) is 5.02 Å². The smallest absolute Gasteiger partial charge is 0.255 e. The second kappa shape index (κ2) is 7.43. The zero-order chi connectivity index (χ0) is 18.8. The molecule has 0 fully saturated rings. The Morgan fingerprint density at radius 1 is 1.00 bits per heavy atom. The highest BCUT2D eigenvalue weighted by Crippen LogP contribution is 2.29. The molecule has 0 aliphatic carbocycles. The van der Waals surface area contributed by atoms with E-state index >= 15 is 0 Å². The minimum Gasteiger partial charge on any atom is -0.376 e. The molecule has 0 spiro atoms. The maximum atomic E-state index is 12.5. The van der Waals surface area contributed by atoms with Crippen LogP contribution in [0.5, 0.6) is 0 Å². The highest BCUT2D eigenvalue weighted by Gasteiger charge is 2.20. The number of benzene rings is 2. The summed E-state index contributed by atoms with van der Waals surface area (Å²) in [4.78, 5) is 14.4. The first kappa shape index (κ1) is 19.2. The lowest BCUT2D eigenvalue weighted by Gasteiger charge is -2.20. The summed E-state index contributed by atoms with van der Waals surface area (Å²) in [5.74, 6) is -0.348. The number of nitrogens with one attached hydrogen (secondary N) is 1. The number of halogens is 1. The Labute approximate surface area is 153 Å². The van der Waals surface area contributed by atoms with Crippen molar-refractivity contribution >= 4 is 38.9 Å². The lowest BCUT2D eigenvalue weighted by Crippen LogP contribution is -2.23. The molecule has 1 amide bonds. The van der Waals surface area contributed by atoms with E-state index in [0.29, 0.717) is 22.0 Å². The van der Waals surface area contributed by atoms with Crippen LogP contribution in [0.3, 0.4) is 0 Å². The fraction of sp³-hybridized carbons (Fsp3) is 0.235. The Kier molecular flexibility index (Phi) is 5.72. The number of carbonyl (C=O) groups excluding carboxylic acids is 1. The molecule has 0 aliphatic rings. The molecule has 2 rings (SSSR count). The molecular formula is C17H20ClN3O3S. The van der Waals surface area contributed by atoms with Gasteiger partial charge >= 0.3 is 0 Å². The van der Waals surface area contributed by atoms with Gasteiger partial charge in [-0.2, -0.15) is 0 Å². The van der Waals surface area contributed by atoms with Crippen LogP contribution in [-0.2, 0) is 10.0 Å². The molecule has 0 heterocycles. The summed E-state index contributed by atoms with van der Waals surface area (Å²) < 4.78 is 25.8. The molecule has 0 unspecified atom stereocenters. The topological polar surface area (TPSA) is 69.7 Å². The zero-order valence-corrected chi connectivity index (χ0v) is 16.0. The minimum atomic E-state index is -3.60. The van der Waals surface area contributed by atoms with Gasteiger partial charge in [-0.25, -0.2) is 12.7 Å². The predicted molar refractivity (Wildman–Crippen MR) is 101 cm³/mol. The van der Waals surface area contributed by atoms with Crippen molar-refractivity contribution in [2.24, 2.45) is 0 Å². The number of rotatable bonds is 5. The SMILES string of the molecule is CN(C)c1ccc(S(=O)(=O)N(C)C)cc1NC(=O)c1ccc(Cl)cc1. The van der Waals surface area contributed by atoms with E-state index in [2.05, 4.69) is 5.32 Å². The lowest BCUT2D eigenvalue weighted by atomic mass is 10.2. The highest BCUT2D eigenvalue weighted by molar-refractivity contribution is 7.89. The molecular weight excluding hydrogens is 362 g/mol. The molecule has 0 radical (unpaired) electrons. The van der Waals surface area contributed by atoms with Gasteiger partial charge in [-0.15, -0.1) is 0 Å². The molecule has 6 nitrogen and oxygen atoms in total. The van der Waals surface area contributed by atoms with Crippen LogP contribution < -0.4 is 10.2 Å². The maximum Gasteiger partial charge on any atom is 0.255 e. The van der Waals surface area contributed by atoms with Gasteiger partial charge in [0.25, 0.3) is 5.91 Å². The first-order valence-corrected chi connectivity index (χ1v) is 9.25. The van der Waals surface area contributed by atoms with Crippen molar-refractivity contribution in [2.45, 2.75) is 4.90 Å². The molecule has 1 N–H and O–H groups in total. The molecule has 0 aromatic heterocycles. The van der Waals surface area contributed by atoms with Crippen molar-refractivity contribution in [1.29, 1.82) is 0 Å². The van der Waals surface area contributed by atoms with Crippen LogP contribution in [0.25, 0.3) is 0 Å². The number of nitrogens with zero attached hydrogens (tertiary/aromatic N) is 2. The summed E-state index contributed by atoms with van der Waals surface area (Å²) in [5, 5.41) is 3.30. The average molecular weight is 382 g/mol. The number of hydrogen-bond donors (Lipinski definition) is 1. The molecule has 0 atom stereocenters. The minimum absolute atomic E-state index is 0.106. The summed E-state index contributed by atoms with van der Waals surface area (Å²) in [6, 6.07) is 11.1. The van der Waals surface area contributed by atoms with Crippen molar-refractivity contribution in [2.75, 3.05) is 38.4 Å². The van der Waals surface area contributed by atoms with Crippen molar-refractivity contribution < 1.29 is 13.2 Å². The van der Waals surface area contributed by atoms with Crippen LogP contribution in [0.4, 0.5) is 11.4 Å². The molecule has 0 aliphatic heterocycles. The molecule has 2 aromatic rings. The molecule has 134 valence electrons. The zero-order valence-electron chi connectivity index (χ0n) is 14.4. The van der Waals surface area contributed by atoms with Gasteiger partial charge < -0.3 is 10.2 Å². The van der Waals surface area contributed by atoms with Gasteiger partial charge in [-0.1, -0.05) is 11.6 Å². The van der Waals surface area contributed by atoms with Crippen LogP contribution in [0, 0.1) is 0 Å². The van der Waals surface area contributed by atoms with E-state index in [9.17, 15) is 13.2 Å². The van der Waals surface area contributed by atoms with Crippen LogP contribution in [0.15, 0.2) is 47.4 Å². The predicted octanol–water partition coefficient (Wildman–Crippen LogP) is 2.91. The highest BCUT2D eigenvalue weighted by atomic mass is 35.5. The van der Waals surface area contributed by atoms with Crippen LogP contribution in [0.1, 0.15) is 10.4 Å². The van der Waals surface area contributed by atoms with Crippen LogP contribution in [-0.4, -0.2) is 46.8 Å². The number of carbonyl (C=O) groups is 1. The second-order valence-corrected chi connectivity index (χ2v) is 8.41. The summed E-state index contributed by atoms with van der Waals surface area (Å²) in [7, 11) is 2.94. The van der Waals surface area contributed by atoms with Gasteiger partial charge in [-0.05, 0) is 42.5 Å². The quantitative estimate of drug-likeness (QED) is 0.864. The van der Waals surface area contributed by atoms with Crippen molar-refractivity contribution in [1.82, 2.24) is 4.31 Å². The van der Waals surface area contributed by atoms with E-state index in [0.717, 1.165) is 4.31 Å². The van der Waals surface area contributed by atoms with Gasteiger partial charge in [0.15, 0.2) is 0 Å². The normalized spacial score (nSPS) is 11.4. The third-order valence-corrected chi connectivity index (χ3v) is 5.65. The summed E-state index contributed by atoms with van der Waals surface area (Å²) in [6.45, 7) is 0. The Balaban J connectivity index is 2.43. The van der Waals surface area contributed by atoms with Gasteiger partial charge in [0, 0.05) is 38.8 Å². The Morgan fingerprint density at radius 2 is 1.60 bits per heavy atom. The fourth-order valence-corrected chi connectivity index (χ4v) is 3.23. The van der Waals surface area contributed by atoms with Gasteiger partial charge in [0.05, 0.1) is 16.3 Å². The number of anilines is 2. The Morgan fingerprint density at radius 3 is 2.12 bits per heavy atom. The Hall–Kier alpha value is -2.09. The molecule has 25 heavy (non-hydrogen) atoms. The van der Waals surface area contributed by atoms with E-state index in [1.807, 2.05) is 14.1 Å². The Bertz CT molecular complexity index is 879. The summed E-state index contributed by atoms with van der Waals surface area (Å²) in [6.07, 6.45) is 0. The van der Waals surface area contributed by atoms with Gasteiger partial charge in [-0.3, -0.25) is 4.79 Å². The largest absolute Gasteiger partial charge is 0.376 e. The summed E-state index contributed by atoms with van der Waals surface area (Å²) >= 11 is 5.83. The van der Waals surface area contributed by atoms with E-state index in [1.165, 1.54) is 26.2 Å². The second-order valence-electron chi connectivity index (χ2n) is 5.82. The fourth-order valence-electron chi connectivity index (χ4n) is 2.17. The van der Waals surface area contributed by atoms with E-state index in [-0.39, 0.29) is 10.8 Å². The van der Waals surface area contributed by atoms with E-state index < -0.39 is 10.0 Å².